The second-order valence-electron chi connectivity index (χ2n) is 9.63. The van der Waals surface area contributed by atoms with Crippen LogP contribution in [0.4, 0.5) is 5.69 Å². The van der Waals surface area contributed by atoms with Gasteiger partial charge in [0.25, 0.3) is 5.91 Å². The first-order valence-electron chi connectivity index (χ1n) is 12.6. The number of amides is 2. The summed E-state index contributed by atoms with van der Waals surface area (Å²) in [6.07, 6.45) is 4.74. The first-order chi connectivity index (χ1) is 16.1. The molecule has 0 saturated carbocycles. The normalized spacial score (nSPS) is 18.7. The lowest BCUT2D eigenvalue weighted by Crippen LogP contribution is -2.46. The van der Waals surface area contributed by atoms with Crippen LogP contribution in [0.2, 0.25) is 0 Å². The molecule has 2 aromatic rings. The summed E-state index contributed by atoms with van der Waals surface area (Å²) in [6, 6.07) is 18.2. The van der Waals surface area contributed by atoms with E-state index in [1.807, 2.05) is 53.4 Å². The maximum Gasteiger partial charge on any atom is 0.255 e. The van der Waals surface area contributed by atoms with Crippen molar-refractivity contribution in [3.8, 4) is 0 Å². The van der Waals surface area contributed by atoms with Gasteiger partial charge in [-0.2, -0.15) is 0 Å². The van der Waals surface area contributed by atoms with E-state index in [-0.39, 0.29) is 23.8 Å². The van der Waals surface area contributed by atoms with E-state index in [0.717, 1.165) is 75.1 Å². The highest BCUT2D eigenvalue weighted by atomic mass is 16.2. The minimum atomic E-state index is -0.102. The zero-order valence-corrected chi connectivity index (χ0v) is 20.0. The monoisotopic (exact) mass is 447 g/mol. The molecule has 2 fully saturated rings. The number of piperidine rings is 2. The maximum atomic E-state index is 13.3. The second kappa shape index (κ2) is 10.9. The van der Waals surface area contributed by atoms with E-state index in [0.29, 0.717) is 5.92 Å². The molecular formula is C28H37N3O2. The number of benzene rings is 2. The number of nitrogens with one attached hydrogen (secondary N) is 1. The highest BCUT2D eigenvalue weighted by Gasteiger charge is 2.28. The molecule has 0 aliphatic carbocycles. The summed E-state index contributed by atoms with van der Waals surface area (Å²) < 4.78 is 0. The van der Waals surface area contributed by atoms with Gasteiger partial charge in [-0.3, -0.25) is 9.59 Å². The van der Waals surface area contributed by atoms with Crippen LogP contribution in [0.15, 0.2) is 54.6 Å². The zero-order chi connectivity index (χ0) is 23.2. The number of rotatable bonds is 6. The number of anilines is 1. The van der Waals surface area contributed by atoms with Gasteiger partial charge in [0.05, 0.1) is 11.5 Å². The number of hydrogen-bond donors (Lipinski definition) is 1. The van der Waals surface area contributed by atoms with Gasteiger partial charge in [-0.15, -0.1) is 0 Å². The molecular weight excluding hydrogens is 410 g/mol. The van der Waals surface area contributed by atoms with E-state index in [1.54, 1.807) is 0 Å². The Morgan fingerprint density at radius 2 is 1.55 bits per heavy atom. The molecule has 1 atom stereocenters. The standard InChI is InChI=1S/C28H37N3O2/c1-3-24(22-9-5-4-6-10-22)27(32)29-23-15-19-30(20-16-23)26-12-8-7-11-25(26)28(33)31-17-13-21(2)14-18-31/h4-12,21,23-24H,3,13-20H2,1-2H3,(H,29,32)/t24-/m0/s1. The molecule has 0 aromatic heterocycles. The van der Waals surface area contributed by atoms with Crippen LogP contribution < -0.4 is 10.2 Å². The number of carbonyl (C=O) groups is 2. The lowest BCUT2D eigenvalue weighted by Gasteiger charge is -2.36. The van der Waals surface area contributed by atoms with Crippen molar-refractivity contribution in [2.24, 2.45) is 5.92 Å². The number of nitrogens with zero attached hydrogens (tertiary/aromatic N) is 2. The molecule has 2 aromatic carbocycles. The van der Waals surface area contributed by atoms with Gasteiger partial charge in [0, 0.05) is 37.9 Å². The van der Waals surface area contributed by atoms with E-state index in [1.165, 1.54) is 0 Å². The van der Waals surface area contributed by atoms with E-state index in [2.05, 4.69) is 30.1 Å². The summed E-state index contributed by atoms with van der Waals surface area (Å²) in [5.41, 5.74) is 2.92. The molecule has 2 amide bonds. The fraction of sp³-hybridized carbons (Fsp3) is 0.500. The number of likely N-dealkylation sites (tertiary alicyclic amines) is 1. The SMILES string of the molecule is CC[C@H](C(=O)NC1CCN(c2ccccc2C(=O)N2CCC(C)CC2)CC1)c1ccccc1. The molecule has 2 aliphatic heterocycles. The minimum absolute atomic E-state index is 0.102. The predicted octanol–water partition coefficient (Wildman–Crippen LogP) is 4.84. The molecule has 2 heterocycles. The quantitative estimate of drug-likeness (QED) is 0.690. The molecule has 33 heavy (non-hydrogen) atoms. The fourth-order valence-corrected chi connectivity index (χ4v) is 5.14. The Labute approximate surface area is 198 Å². The van der Waals surface area contributed by atoms with Gasteiger partial charge in [0.2, 0.25) is 5.91 Å². The van der Waals surface area contributed by atoms with E-state index in [4.69, 9.17) is 0 Å². The van der Waals surface area contributed by atoms with Crippen LogP contribution in [-0.2, 0) is 4.79 Å². The molecule has 176 valence electrons. The predicted molar refractivity (Wildman–Crippen MR) is 134 cm³/mol. The first-order valence-corrected chi connectivity index (χ1v) is 12.6. The highest BCUT2D eigenvalue weighted by molar-refractivity contribution is 6.00. The Balaban J connectivity index is 1.36. The van der Waals surface area contributed by atoms with Crippen molar-refractivity contribution in [1.29, 1.82) is 0 Å². The van der Waals surface area contributed by atoms with Crippen LogP contribution in [0.3, 0.4) is 0 Å². The van der Waals surface area contributed by atoms with E-state index in [9.17, 15) is 9.59 Å². The Morgan fingerprint density at radius 1 is 0.909 bits per heavy atom. The highest BCUT2D eigenvalue weighted by Crippen LogP contribution is 2.28. The Bertz CT molecular complexity index is 929. The molecule has 0 bridgehead atoms. The van der Waals surface area contributed by atoms with Crippen LogP contribution in [0.1, 0.15) is 67.8 Å². The van der Waals surface area contributed by atoms with Crippen molar-refractivity contribution in [2.45, 2.75) is 57.9 Å². The van der Waals surface area contributed by atoms with Crippen molar-refractivity contribution in [3.63, 3.8) is 0 Å². The first kappa shape index (κ1) is 23.3. The summed E-state index contributed by atoms with van der Waals surface area (Å²) in [6.45, 7) is 7.71. The van der Waals surface area contributed by atoms with Crippen molar-refractivity contribution >= 4 is 17.5 Å². The Hall–Kier alpha value is -2.82. The third-order valence-corrected chi connectivity index (χ3v) is 7.31. The molecule has 4 rings (SSSR count). The Morgan fingerprint density at radius 3 is 2.21 bits per heavy atom. The molecule has 0 unspecified atom stereocenters. The molecule has 5 heteroatoms. The van der Waals surface area contributed by atoms with E-state index >= 15 is 0 Å². The largest absolute Gasteiger partial charge is 0.371 e. The third kappa shape index (κ3) is 5.58. The van der Waals surface area contributed by atoms with Crippen molar-refractivity contribution in [3.05, 3.63) is 65.7 Å². The summed E-state index contributed by atoms with van der Waals surface area (Å²) in [7, 11) is 0. The molecule has 2 saturated heterocycles. The zero-order valence-electron chi connectivity index (χ0n) is 20.0. The maximum absolute atomic E-state index is 13.3. The fourth-order valence-electron chi connectivity index (χ4n) is 5.14. The average molecular weight is 448 g/mol. The summed E-state index contributed by atoms with van der Waals surface area (Å²) in [4.78, 5) is 30.6. The minimum Gasteiger partial charge on any atom is -0.371 e. The Kier molecular flexibility index (Phi) is 7.69. The van der Waals surface area contributed by atoms with Gasteiger partial charge in [-0.25, -0.2) is 0 Å². The summed E-state index contributed by atoms with van der Waals surface area (Å²) in [5.74, 6) is 0.876. The van der Waals surface area contributed by atoms with Crippen molar-refractivity contribution in [2.75, 3.05) is 31.1 Å². The van der Waals surface area contributed by atoms with E-state index < -0.39 is 0 Å². The van der Waals surface area contributed by atoms with Crippen LogP contribution in [0, 0.1) is 5.92 Å². The number of carbonyl (C=O) groups excluding carboxylic acids is 2. The average Bonchev–Trinajstić information content (AvgIpc) is 2.86. The van der Waals surface area contributed by atoms with Crippen LogP contribution in [0.25, 0.3) is 0 Å². The van der Waals surface area contributed by atoms with Gasteiger partial charge >= 0.3 is 0 Å². The van der Waals surface area contributed by atoms with Crippen molar-refractivity contribution in [1.82, 2.24) is 10.2 Å². The lowest BCUT2D eigenvalue weighted by atomic mass is 9.94. The molecule has 1 N–H and O–H groups in total. The number of para-hydroxylation sites is 1. The third-order valence-electron chi connectivity index (χ3n) is 7.31. The van der Waals surface area contributed by atoms with Gasteiger partial charge in [-0.1, -0.05) is 56.3 Å². The van der Waals surface area contributed by atoms with Crippen molar-refractivity contribution < 1.29 is 9.59 Å². The smallest absolute Gasteiger partial charge is 0.255 e. The van der Waals surface area contributed by atoms with Crippen LogP contribution >= 0.6 is 0 Å². The summed E-state index contributed by atoms with van der Waals surface area (Å²) >= 11 is 0. The van der Waals surface area contributed by atoms with Gasteiger partial charge < -0.3 is 15.1 Å². The van der Waals surface area contributed by atoms with Crippen LogP contribution in [-0.4, -0.2) is 48.9 Å². The molecule has 5 nitrogen and oxygen atoms in total. The summed E-state index contributed by atoms with van der Waals surface area (Å²) in [5, 5.41) is 3.29. The van der Waals surface area contributed by atoms with Gasteiger partial charge in [0.1, 0.15) is 0 Å². The van der Waals surface area contributed by atoms with Crippen LogP contribution in [0.5, 0.6) is 0 Å². The topological polar surface area (TPSA) is 52.7 Å². The number of hydrogen-bond acceptors (Lipinski definition) is 3. The lowest BCUT2D eigenvalue weighted by molar-refractivity contribution is -0.123. The molecule has 2 aliphatic rings. The molecule has 0 radical (unpaired) electrons. The van der Waals surface area contributed by atoms with Gasteiger partial charge in [-0.05, 0) is 55.7 Å². The second-order valence-corrected chi connectivity index (χ2v) is 9.63. The molecule has 0 spiro atoms. The van der Waals surface area contributed by atoms with Gasteiger partial charge in [0.15, 0.2) is 0 Å².